The summed E-state index contributed by atoms with van der Waals surface area (Å²) in [4.78, 5) is 38.3. The van der Waals surface area contributed by atoms with Gasteiger partial charge in [-0.25, -0.2) is 9.59 Å². The van der Waals surface area contributed by atoms with Crippen LogP contribution in [0.1, 0.15) is 68.1 Å². The van der Waals surface area contributed by atoms with Crippen LogP contribution in [-0.4, -0.2) is 35.0 Å². The number of carbonyl (C=O) groups is 3. The van der Waals surface area contributed by atoms with Crippen molar-refractivity contribution in [3.8, 4) is 0 Å². The van der Waals surface area contributed by atoms with Gasteiger partial charge in [-0.2, -0.15) is 0 Å². The maximum atomic E-state index is 12.5. The molecule has 26 heavy (non-hydrogen) atoms. The van der Waals surface area contributed by atoms with E-state index in [0.717, 1.165) is 29.5 Å². The van der Waals surface area contributed by atoms with E-state index in [9.17, 15) is 14.4 Å². The lowest BCUT2D eigenvalue weighted by molar-refractivity contribution is -0.137. The van der Waals surface area contributed by atoms with Crippen LogP contribution in [0.25, 0.3) is 0 Å². The second-order valence-corrected chi connectivity index (χ2v) is 7.37. The molecule has 1 aliphatic rings. The predicted octanol–water partition coefficient (Wildman–Crippen LogP) is 3.64. The first-order valence-corrected chi connectivity index (χ1v) is 9.01. The quantitative estimate of drug-likeness (QED) is 0.455. The molecule has 0 bridgehead atoms. The van der Waals surface area contributed by atoms with Gasteiger partial charge in [-0.1, -0.05) is 25.5 Å². The summed E-state index contributed by atoms with van der Waals surface area (Å²) in [5, 5.41) is 0. The van der Waals surface area contributed by atoms with Gasteiger partial charge < -0.3 is 9.47 Å². The minimum Gasteiger partial charge on any atom is -0.460 e. The molecule has 1 amide bonds. The van der Waals surface area contributed by atoms with E-state index in [2.05, 4.69) is 6.92 Å². The summed E-state index contributed by atoms with van der Waals surface area (Å²) in [5.41, 5.74) is 2.47. The molecular formula is C20H27NO5. The van der Waals surface area contributed by atoms with Crippen molar-refractivity contribution < 1.29 is 23.9 Å². The third kappa shape index (κ3) is 4.42. The number of Topliss-reactive ketones (excluding diaryl/α,β-unsaturated/α-hetero) is 1. The van der Waals surface area contributed by atoms with Crippen LogP contribution < -0.4 is 0 Å². The van der Waals surface area contributed by atoms with Crippen molar-refractivity contribution in [1.82, 2.24) is 4.90 Å². The largest absolute Gasteiger partial charge is 0.460 e. The topological polar surface area (TPSA) is 72.9 Å². The van der Waals surface area contributed by atoms with Gasteiger partial charge in [-0.05, 0) is 50.8 Å². The summed E-state index contributed by atoms with van der Waals surface area (Å²) in [5.74, 6) is -1.54. The third-order valence-electron chi connectivity index (χ3n) is 4.10. The molecule has 0 aromatic heterocycles. The first-order chi connectivity index (χ1) is 12.2. The highest BCUT2D eigenvalue weighted by atomic mass is 16.6. The van der Waals surface area contributed by atoms with Crippen LogP contribution in [-0.2, 0) is 33.8 Å². The minimum absolute atomic E-state index is 0.144. The van der Waals surface area contributed by atoms with Crippen molar-refractivity contribution in [3.05, 3.63) is 34.4 Å². The predicted molar refractivity (Wildman–Crippen MR) is 96.9 cm³/mol. The number of ketones is 1. The van der Waals surface area contributed by atoms with Crippen LogP contribution in [0, 0.1) is 0 Å². The van der Waals surface area contributed by atoms with E-state index < -0.39 is 23.4 Å². The van der Waals surface area contributed by atoms with Crippen LogP contribution in [0.4, 0.5) is 4.79 Å². The van der Waals surface area contributed by atoms with Crippen molar-refractivity contribution in [2.45, 2.75) is 66.2 Å². The average molecular weight is 361 g/mol. The first-order valence-electron chi connectivity index (χ1n) is 9.01. The molecule has 0 radical (unpaired) electrons. The number of hydrogen-bond acceptors (Lipinski definition) is 5. The van der Waals surface area contributed by atoms with Crippen molar-refractivity contribution in [2.24, 2.45) is 0 Å². The fourth-order valence-corrected chi connectivity index (χ4v) is 3.04. The fourth-order valence-electron chi connectivity index (χ4n) is 3.04. The molecule has 0 N–H and O–H groups in total. The molecule has 6 heteroatoms. The Morgan fingerprint density at radius 3 is 2.31 bits per heavy atom. The van der Waals surface area contributed by atoms with Gasteiger partial charge in [0.05, 0.1) is 13.2 Å². The summed E-state index contributed by atoms with van der Waals surface area (Å²) >= 11 is 0. The molecule has 1 aliphatic heterocycles. The van der Waals surface area contributed by atoms with E-state index in [1.54, 1.807) is 17.9 Å². The number of fused-ring (bicyclic) bond motifs is 1. The fraction of sp³-hybridized carbons (Fsp3) is 0.550. The Morgan fingerprint density at radius 2 is 1.73 bits per heavy atom. The number of amides is 1. The molecule has 1 aromatic carbocycles. The first kappa shape index (κ1) is 19.9. The Morgan fingerprint density at radius 1 is 1.08 bits per heavy atom. The molecule has 0 aliphatic carbocycles. The lowest BCUT2D eigenvalue weighted by Gasteiger charge is -2.24. The van der Waals surface area contributed by atoms with Crippen molar-refractivity contribution in [2.75, 3.05) is 6.61 Å². The van der Waals surface area contributed by atoms with E-state index in [0.29, 0.717) is 12.1 Å². The zero-order valence-electron chi connectivity index (χ0n) is 16.2. The maximum Gasteiger partial charge on any atom is 0.410 e. The van der Waals surface area contributed by atoms with Crippen LogP contribution in [0.2, 0.25) is 0 Å². The average Bonchev–Trinajstić information content (AvgIpc) is 2.99. The van der Waals surface area contributed by atoms with Gasteiger partial charge >= 0.3 is 12.1 Å². The highest BCUT2D eigenvalue weighted by Gasteiger charge is 2.33. The molecule has 6 nitrogen and oxygen atoms in total. The van der Waals surface area contributed by atoms with E-state index in [-0.39, 0.29) is 13.2 Å². The summed E-state index contributed by atoms with van der Waals surface area (Å²) in [7, 11) is 0. The monoisotopic (exact) mass is 361 g/mol. The van der Waals surface area contributed by atoms with Crippen molar-refractivity contribution in [3.63, 3.8) is 0 Å². The molecule has 0 saturated heterocycles. The Balaban J connectivity index is 2.35. The van der Waals surface area contributed by atoms with E-state index in [1.165, 1.54) is 0 Å². The molecule has 2 rings (SSSR count). The molecule has 0 atom stereocenters. The lowest BCUT2D eigenvalue weighted by Crippen LogP contribution is -2.33. The molecule has 0 saturated carbocycles. The third-order valence-corrected chi connectivity index (χ3v) is 4.10. The number of nitrogens with zero attached hydrogens (tertiary/aromatic N) is 1. The Kier molecular flexibility index (Phi) is 6.05. The maximum absolute atomic E-state index is 12.5. The Hall–Kier alpha value is -2.37. The zero-order valence-corrected chi connectivity index (χ0v) is 16.2. The van der Waals surface area contributed by atoms with Gasteiger partial charge in [-0.3, -0.25) is 9.69 Å². The Labute approximate surface area is 154 Å². The van der Waals surface area contributed by atoms with Gasteiger partial charge in [-0.15, -0.1) is 0 Å². The molecule has 0 unspecified atom stereocenters. The van der Waals surface area contributed by atoms with Crippen LogP contribution in [0.15, 0.2) is 12.1 Å². The van der Waals surface area contributed by atoms with E-state index >= 15 is 0 Å². The Bertz CT molecular complexity index is 718. The molecule has 1 aromatic rings. The molecule has 142 valence electrons. The number of rotatable bonds is 5. The van der Waals surface area contributed by atoms with E-state index in [4.69, 9.17) is 9.47 Å². The number of hydrogen-bond donors (Lipinski definition) is 0. The number of benzene rings is 1. The molecule has 0 fully saturated rings. The van der Waals surface area contributed by atoms with Crippen molar-refractivity contribution >= 4 is 17.8 Å². The summed E-state index contributed by atoms with van der Waals surface area (Å²) in [6.07, 6.45) is 1.37. The van der Waals surface area contributed by atoms with Crippen LogP contribution in [0.3, 0.4) is 0 Å². The summed E-state index contributed by atoms with van der Waals surface area (Å²) in [6.45, 7) is 9.94. The van der Waals surface area contributed by atoms with Crippen molar-refractivity contribution in [1.29, 1.82) is 0 Å². The standard InChI is InChI=1S/C20H27NO5/c1-6-8-13-9-10-14(17(22)18(23)25-7-2)16-12-21(11-15(13)16)19(24)26-20(3,4)5/h9-10H,6-8,11-12H2,1-5H3. The van der Waals surface area contributed by atoms with Gasteiger partial charge in [0.15, 0.2) is 0 Å². The number of ether oxygens (including phenoxy) is 2. The molecular weight excluding hydrogens is 334 g/mol. The van der Waals surface area contributed by atoms with Gasteiger partial charge in [0.25, 0.3) is 5.78 Å². The second-order valence-electron chi connectivity index (χ2n) is 7.37. The second kappa shape index (κ2) is 7.89. The minimum atomic E-state index is -0.867. The normalized spacial score (nSPS) is 13.3. The van der Waals surface area contributed by atoms with Crippen LogP contribution >= 0.6 is 0 Å². The SMILES string of the molecule is CCCc1ccc(C(=O)C(=O)OCC)c2c1CN(C(=O)OC(C)(C)C)C2. The lowest BCUT2D eigenvalue weighted by atomic mass is 9.94. The zero-order chi connectivity index (χ0) is 19.5. The van der Waals surface area contributed by atoms with Gasteiger partial charge in [0.1, 0.15) is 5.60 Å². The summed E-state index contributed by atoms with van der Waals surface area (Å²) in [6, 6.07) is 3.54. The number of carbonyl (C=O) groups excluding carboxylic acids is 3. The highest BCUT2D eigenvalue weighted by Crippen LogP contribution is 2.31. The number of aryl methyl sites for hydroxylation is 1. The molecule has 0 spiro atoms. The summed E-state index contributed by atoms with van der Waals surface area (Å²) < 4.78 is 10.3. The number of esters is 1. The highest BCUT2D eigenvalue weighted by molar-refractivity contribution is 6.41. The smallest absolute Gasteiger partial charge is 0.410 e. The van der Waals surface area contributed by atoms with Gasteiger partial charge in [0, 0.05) is 12.1 Å². The van der Waals surface area contributed by atoms with Crippen LogP contribution in [0.5, 0.6) is 0 Å². The van der Waals surface area contributed by atoms with E-state index in [1.807, 2.05) is 26.8 Å². The van der Waals surface area contributed by atoms with Gasteiger partial charge in [0.2, 0.25) is 0 Å². The molecule has 1 heterocycles.